The minimum atomic E-state index is 1.10. The van der Waals surface area contributed by atoms with E-state index in [2.05, 4.69) is 42.3 Å². The Morgan fingerprint density at radius 3 is 2.00 bits per heavy atom. The van der Waals surface area contributed by atoms with Crippen LogP contribution in [0.15, 0.2) is 12.4 Å². The van der Waals surface area contributed by atoms with Crippen LogP contribution in [0.3, 0.4) is 0 Å². The van der Waals surface area contributed by atoms with E-state index in [1.807, 2.05) is 0 Å². The van der Waals surface area contributed by atoms with Crippen LogP contribution in [-0.4, -0.2) is 4.57 Å². The van der Waals surface area contributed by atoms with E-state index in [-0.39, 0.29) is 0 Å². The first-order valence-electron chi connectivity index (χ1n) is 9.90. The minimum absolute atomic E-state index is 1.10. The molecule has 2 nitrogen and oxygen atoms in total. The largest absolute Gasteiger partial charge is 0.256 e. The Morgan fingerprint density at radius 2 is 1.36 bits per heavy atom. The van der Waals surface area contributed by atoms with Crippen molar-refractivity contribution in [1.82, 2.24) is 4.57 Å². The second kappa shape index (κ2) is 12.7. The van der Waals surface area contributed by atoms with Gasteiger partial charge in [0, 0.05) is 6.42 Å². The van der Waals surface area contributed by atoms with Gasteiger partial charge in [-0.1, -0.05) is 65.2 Å². The number of aryl methyl sites for hydroxylation is 2. The van der Waals surface area contributed by atoms with Crippen molar-refractivity contribution in [2.45, 2.75) is 111 Å². The molecule has 2 heteroatoms. The van der Waals surface area contributed by atoms with Crippen molar-refractivity contribution in [1.29, 1.82) is 0 Å². The van der Waals surface area contributed by atoms with Crippen molar-refractivity contribution < 1.29 is 4.57 Å². The maximum atomic E-state index is 2.52. The average Bonchev–Trinajstić information content (AvgIpc) is 2.92. The number of hydrogen-bond donors (Lipinski definition) is 0. The highest BCUT2D eigenvalue weighted by Crippen LogP contribution is 2.09. The number of rotatable bonds is 14. The lowest BCUT2D eigenvalue weighted by Crippen LogP contribution is -2.37. The van der Waals surface area contributed by atoms with Crippen LogP contribution in [0.4, 0.5) is 0 Å². The molecule has 0 unspecified atom stereocenters. The molecule has 0 saturated carbocycles. The Kier molecular flexibility index (Phi) is 11.1. The smallest absolute Gasteiger partial charge is 0.235 e. The van der Waals surface area contributed by atoms with Gasteiger partial charge in [0.05, 0.1) is 13.1 Å². The van der Waals surface area contributed by atoms with Gasteiger partial charge in [0.25, 0.3) is 5.82 Å². The maximum absolute atomic E-state index is 2.52. The molecule has 0 atom stereocenters. The average molecular weight is 308 g/mol. The van der Waals surface area contributed by atoms with Crippen LogP contribution in [0.25, 0.3) is 0 Å². The predicted molar refractivity (Wildman–Crippen MR) is 96.1 cm³/mol. The molecule has 1 heterocycles. The fraction of sp³-hybridized carbons (Fsp3) is 0.850. The molecule has 0 aliphatic heterocycles. The predicted octanol–water partition coefficient (Wildman–Crippen LogP) is 5.67. The zero-order chi connectivity index (χ0) is 16.0. The van der Waals surface area contributed by atoms with Gasteiger partial charge < -0.3 is 0 Å². The first-order chi connectivity index (χ1) is 10.8. The van der Waals surface area contributed by atoms with E-state index in [0.717, 1.165) is 6.54 Å². The molecular weight excluding hydrogens is 268 g/mol. The van der Waals surface area contributed by atoms with Crippen molar-refractivity contribution in [3.63, 3.8) is 0 Å². The van der Waals surface area contributed by atoms with Crippen molar-refractivity contribution in [2.75, 3.05) is 0 Å². The third kappa shape index (κ3) is 7.47. The first-order valence-corrected chi connectivity index (χ1v) is 9.90. The zero-order valence-corrected chi connectivity index (χ0v) is 15.4. The van der Waals surface area contributed by atoms with Crippen molar-refractivity contribution >= 4 is 0 Å². The van der Waals surface area contributed by atoms with Gasteiger partial charge in [-0.3, -0.25) is 0 Å². The van der Waals surface area contributed by atoms with Gasteiger partial charge in [0.15, 0.2) is 0 Å². The van der Waals surface area contributed by atoms with Crippen LogP contribution >= 0.6 is 0 Å². The van der Waals surface area contributed by atoms with E-state index in [0.29, 0.717) is 0 Å². The summed E-state index contributed by atoms with van der Waals surface area (Å²) in [6, 6.07) is 0. The molecule has 0 amide bonds. The number of hydrogen-bond acceptors (Lipinski definition) is 0. The highest BCUT2D eigenvalue weighted by molar-refractivity contribution is 4.83. The van der Waals surface area contributed by atoms with Crippen LogP contribution < -0.4 is 4.57 Å². The minimum Gasteiger partial charge on any atom is -0.235 e. The summed E-state index contributed by atoms with van der Waals surface area (Å²) in [5, 5.41) is 0. The van der Waals surface area contributed by atoms with E-state index < -0.39 is 0 Å². The Morgan fingerprint density at radius 1 is 0.773 bits per heavy atom. The second-order valence-electron chi connectivity index (χ2n) is 6.63. The molecule has 0 radical (unpaired) electrons. The molecule has 0 aliphatic rings. The van der Waals surface area contributed by atoms with Gasteiger partial charge in [-0.15, -0.1) is 0 Å². The van der Waals surface area contributed by atoms with Crippen LogP contribution in [0.5, 0.6) is 0 Å². The van der Waals surface area contributed by atoms with Crippen LogP contribution in [-0.2, 0) is 19.5 Å². The molecule has 1 aromatic heterocycles. The third-order valence-corrected chi connectivity index (χ3v) is 4.69. The van der Waals surface area contributed by atoms with Gasteiger partial charge in [-0.25, -0.2) is 9.13 Å². The molecule has 128 valence electrons. The first kappa shape index (κ1) is 19.3. The summed E-state index contributed by atoms with van der Waals surface area (Å²) in [6.07, 6.45) is 21.0. The Balaban J connectivity index is 2.33. The maximum Gasteiger partial charge on any atom is 0.256 e. The number of unbranched alkanes of at least 4 members (excludes halogenated alkanes) is 9. The number of imidazole rings is 1. The molecular formula is C20H39N2+. The molecule has 0 aromatic carbocycles. The molecule has 1 rings (SSSR count). The molecule has 0 saturated heterocycles. The van der Waals surface area contributed by atoms with Crippen LogP contribution in [0, 0.1) is 0 Å². The molecule has 0 spiro atoms. The fourth-order valence-corrected chi connectivity index (χ4v) is 3.23. The zero-order valence-electron chi connectivity index (χ0n) is 15.4. The van der Waals surface area contributed by atoms with Crippen molar-refractivity contribution in [2.24, 2.45) is 0 Å². The van der Waals surface area contributed by atoms with E-state index in [1.165, 1.54) is 83.6 Å². The van der Waals surface area contributed by atoms with Crippen LogP contribution in [0.1, 0.15) is 97.2 Å². The number of aromatic nitrogens is 2. The standard InChI is InChI=1S/C20H39N2/c1-4-7-9-11-13-15-17-22-19-18-21(6-3)20(22)16-14-12-10-8-5-2/h18-19H,4-17H2,1-3H3/q+1. The number of nitrogens with zero attached hydrogens (tertiary/aromatic N) is 2. The van der Waals surface area contributed by atoms with E-state index in [4.69, 9.17) is 0 Å². The Bertz CT molecular complexity index is 368. The Labute approximate surface area is 138 Å². The lowest BCUT2D eigenvalue weighted by atomic mass is 10.1. The Hall–Kier alpha value is -0.790. The fourth-order valence-electron chi connectivity index (χ4n) is 3.23. The van der Waals surface area contributed by atoms with Gasteiger partial charge in [-0.2, -0.15) is 0 Å². The van der Waals surface area contributed by atoms with E-state index in [9.17, 15) is 0 Å². The normalized spacial score (nSPS) is 11.2. The molecule has 0 aliphatic carbocycles. The summed E-state index contributed by atoms with van der Waals surface area (Å²) in [5.74, 6) is 1.55. The second-order valence-corrected chi connectivity index (χ2v) is 6.63. The summed E-state index contributed by atoms with van der Waals surface area (Å²) in [5.41, 5.74) is 0. The summed E-state index contributed by atoms with van der Waals surface area (Å²) in [7, 11) is 0. The lowest BCUT2D eigenvalue weighted by molar-refractivity contribution is -0.704. The van der Waals surface area contributed by atoms with Crippen molar-refractivity contribution in [3.8, 4) is 0 Å². The topological polar surface area (TPSA) is 8.81 Å². The third-order valence-electron chi connectivity index (χ3n) is 4.69. The van der Waals surface area contributed by atoms with Gasteiger partial charge in [0.1, 0.15) is 12.4 Å². The highest BCUT2D eigenvalue weighted by Gasteiger charge is 2.15. The van der Waals surface area contributed by atoms with E-state index >= 15 is 0 Å². The quantitative estimate of drug-likeness (QED) is 0.309. The molecule has 0 bridgehead atoms. The molecule has 0 fully saturated rings. The van der Waals surface area contributed by atoms with Gasteiger partial charge in [-0.05, 0) is 26.2 Å². The molecule has 0 N–H and O–H groups in total. The SMILES string of the molecule is CCCCCCCC[n+]1ccn(CC)c1CCCCCCC. The molecule has 22 heavy (non-hydrogen) atoms. The van der Waals surface area contributed by atoms with Gasteiger partial charge >= 0.3 is 0 Å². The monoisotopic (exact) mass is 307 g/mol. The van der Waals surface area contributed by atoms with Crippen LogP contribution in [0.2, 0.25) is 0 Å². The highest BCUT2D eigenvalue weighted by atomic mass is 15.1. The van der Waals surface area contributed by atoms with Gasteiger partial charge in [0.2, 0.25) is 0 Å². The lowest BCUT2D eigenvalue weighted by Gasteiger charge is -2.05. The summed E-state index contributed by atoms with van der Waals surface area (Å²) >= 11 is 0. The van der Waals surface area contributed by atoms with E-state index in [1.54, 1.807) is 5.82 Å². The summed E-state index contributed by atoms with van der Waals surface area (Å²) in [4.78, 5) is 0. The summed E-state index contributed by atoms with van der Waals surface area (Å²) < 4.78 is 4.96. The van der Waals surface area contributed by atoms with Crippen molar-refractivity contribution in [3.05, 3.63) is 18.2 Å². The summed E-state index contributed by atoms with van der Waals surface area (Å²) in [6.45, 7) is 9.15. The molecule has 1 aromatic rings.